The lowest BCUT2D eigenvalue weighted by molar-refractivity contribution is -0.117. The number of benzene rings is 1. The van der Waals surface area contributed by atoms with Gasteiger partial charge >= 0.3 is 0 Å². The van der Waals surface area contributed by atoms with Gasteiger partial charge in [0.1, 0.15) is 0 Å². The standard InChI is InChI=1S/C11H13N5O/c12-9(17)5-6-14-11-10(13)15-7-3-1-2-4-8(7)16-11/h1-4H,5-6H2,(H2,12,17)(H2,13,15)(H,14,16). The van der Waals surface area contributed by atoms with E-state index >= 15 is 0 Å². The molecule has 1 aromatic carbocycles. The molecular formula is C11H13N5O. The molecule has 1 amide bonds. The maximum atomic E-state index is 10.6. The molecule has 6 heteroatoms. The second-order valence-electron chi connectivity index (χ2n) is 3.59. The van der Waals surface area contributed by atoms with Crippen molar-refractivity contribution >= 4 is 28.6 Å². The molecule has 0 radical (unpaired) electrons. The minimum absolute atomic E-state index is 0.230. The highest BCUT2D eigenvalue weighted by atomic mass is 16.1. The highest BCUT2D eigenvalue weighted by molar-refractivity contribution is 5.79. The summed E-state index contributed by atoms with van der Waals surface area (Å²) in [7, 11) is 0. The Morgan fingerprint density at radius 1 is 1.24 bits per heavy atom. The van der Waals surface area contributed by atoms with Crippen molar-refractivity contribution in [2.75, 3.05) is 17.6 Å². The number of carbonyl (C=O) groups excluding carboxylic acids is 1. The number of carbonyl (C=O) groups is 1. The number of amides is 1. The first-order valence-corrected chi connectivity index (χ1v) is 5.21. The maximum Gasteiger partial charge on any atom is 0.219 e. The van der Waals surface area contributed by atoms with Crippen molar-refractivity contribution in [3.63, 3.8) is 0 Å². The number of hydrogen-bond donors (Lipinski definition) is 3. The van der Waals surface area contributed by atoms with Crippen LogP contribution in [0.5, 0.6) is 0 Å². The van der Waals surface area contributed by atoms with Crippen molar-refractivity contribution in [3.8, 4) is 0 Å². The molecule has 0 atom stereocenters. The summed E-state index contributed by atoms with van der Waals surface area (Å²) in [4.78, 5) is 19.1. The van der Waals surface area contributed by atoms with Crippen molar-refractivity contribution in [2.45, 2.75) is 6.42 Å². The Hall–Kier alpha value is -2.37. The van der Waals surface area contributed by atoms with Crippen molar-refractivity contribution in [1.29, 1.82) is 0 Å². The van der Waals surface area contributed by atoms with Gasteiger partial charge in [0.15, 0.2) is 11.6 Å². The van der Waals surface area contributed by atoms with Crippen LogP contribution in [0.25, 0.3) is 11.0 Å². The molecule has 0 aliphatic heterocycles. The fraction of sp³-hybridized carbons (Fsp3) is 0.182. The van der Waals surface area contributed by atoms with E-state index in [9.17, 15) is 4.79 Å². The van der Waals surface area contributed by atoms with Crippen LogP contribution in [0.2, 0.25) is 0 Å². The number of para-hydroxylation sites is 2. The summed E-state index contributed by atoms with van der Waals surface area (Å²) in [5.41, 5.74) is 12.3. The minimum atomic E-state index is -0.371. The van der Waals surface area contributed by atoms with Crippen LogP contribution in [-0.4, -0.2) is 22.4 Å². The number of nitrogen functional groups attached to an aromatic ring is 1. The van der Waals surface area contributed by atoms with E-state index in [1.165, 1.54) is 0 Å². The van der Waals surface area contributed by atoms with Crippen LogP contribution in [0.15, 0.2) is 24.3 Å². The summed E-state index contributed by atoms with van der Waals surface area (Å²) in [5.74, 6) is 0.419. The molecule has 0 spiro atoms. The van der Waals surface area contributed by atoms with Gasteiger partial charge in [0.25, 0.3) is 0 Å². The van der Waals surface area contributed by atoms with Crippen LogP contribution in [0.1, 0.15) is 6.42 Å². The third-order valence-corrected chi connectivity index (χ3v) is 2.26. The number of rotatable bonds is 4. The first kappa shape index (κ1) is 11.1. The number of nitrogens with one attached hydrogen (secondary N) is 1. The van der Waals surface area contributed by atoms with Gasteiger partial charge in [-0.05, 0) is 12.1 Å². The Morgan fingerprint density at radius 2 is 1.88 bits per heavy atom. The first-order valence-electron chi connectivity index (χ1n) is 5.21. The Morgan fingerprint density at radius 3 is 2.53 bits per heavy atom. The fourth-order valence-electron chi connectivity index (χ4n) is 1.45. The van der Waals surface area contributed by atoms with Crippen LogP contribution in [0, 0.1) is 0 Å². The summed E-state index contributed by atoms with van der Waals surface area (Å²) in [6, 6.07) is 7.43. The molecule has 0 bridgehead atoms. The summed E-state index contributed by atoms with van der Waals surface area (Å²) in [5, 5.41) is 2.94. The molecule has 0 unspecified atom stereocenters. The smallest absolute Gasteiger partial charge is 0.219 e. The number of nitrogens with two attached hydrogens (primary N) is 2. The predicted octanol–water partition coefficient (Wildman–Crippen LogP) is 0.499. The summed E-state index contributed by atoms with van der Waals surface area (Å²) >= 11 is 0. The Kier molecular flexibility index (Phi) is 3.04. The van der Waals surface area contributed by atoms with Gasteiger partial charge in [0, 0.05) is 13.0 Å². The van der Waals surface area contributed by atoms with E-state index < -0.39 is 0 Å². The highest BCUT2D eigenvalue weighted by Gasteiger charge is 2.05. The predicted molar refractivity (Wildman–Crippen MR) is 66.3 cm³/mol. The second kappa shape index (κ2) is 4.65. The van der Waals surface area contributed by atoms with Gasteiger partial charge in [-0.2, -0.15) is 0 Å². The third kappa shape index (κ3) is 2.60. The minimum Gasteiger partial charge on any atom is -0.381 e. The van der Waals surface area contributed by atoms with Gasteiger partial charge < -0.3 is 16.8 Å². The molecule has 2 aromatic rings. The van der Waals surface area contributed by atoms with Crippen molar-refractivity contribution in [1.82, 2.24) is 9.97 Å². The number of primary amides is 1. The summed E-state index contributed by atoms with van der Waals surface area (Å²) in [6.45, 7) is 0.395. The van der Waals surface area contributed by atoms with Crippen LogP contribution < -0.4 is 16.8 Å². The number of nitrogens with zero attached hydrogens (tertiary/aromatic N) is 2. The zero-order chi connectivity index (χ0) is 12.3. The van der Waals surface area contributed by atoms with E-state index in [-0.39, 0.29) is 12.3 Å². The Balaban J connectivity index is 2.22. The van der Waals surface area contributed by atoms with E-state index in [0.29, 0.717) is 18.2 Å². The average molecular weight is 231 g/mol. The summed E-state index contributed by atoms with van der Waals surface area (Å²) in [6.07, 6.45) is 0.230. The van der Waals surface area contributed by atoms with Crippen LogP contribution >= 0.6 is 0 Å². The second-order valence-corrected chi connectivity index (χ2v) is 3.59. The topological polar surface area (TPSA) is 107 Å². The van der Waals surface area contributed by atoms with E-state index in [0.717, 1.165) is 11.0 Å². The Labute approximate surface area is 98.0 Å². The van der Waals surface area contributed by atoms with Crippen LogP contribution in [0.4, 0.5) is 11.6 Å². The lowest BCUT2D eigenvalue weighted by Crippen LogP contribution is -2.17. The molecule has 0 saturated carbocycles. The lowest BCUT2D eigenvalue weighted by atomic mass is 10.3. The van der Waals surface area contributed by atoms with Crippen molar-refractivity contribution in [2.24, 2.45) is 5.73 Å². The molecule has 0 aliphatic rings. The molecule has 0 aliphatic carbocycles. The van der Waals surface area contributed by atoms with Crippen LogP contribution in [0.3, 0.4) is 0 Å². The number of fused-ring (bicyclic) bond motifs is 1. The van der Waals surface area contributed by atoms with Crippen LogP contribution in [-0.2, 0) is 4.79 Å². The molecule has 0 saturated heterocycles. The molecule has 1 heterocycles. The van der Waals surface area contributed by atoms with Gasteiger partial charge in [-0.3, -0.25) is 4.79 Å². The lowest BCUT2D eigenvalue weighted by Gasteiger charge is -2.07. The number of hydrogen-bond acceptors (Lipinski definition) is 5. The van der Waals surface area contributed by atoms with E-state index in [4.69, 9.17) is 11.5 Å². The van der Waals surface area contributed by atoms with Crippen molar-refractivity contribution in [3.05, 3.63) is 24.3 Å². The zero-order valence-electron chi connectivity index (χ0n) is 9.18. The monoisotopic (exact) mass is 231 g/mol. The Bertz CT molecular complexity index is 555. The number of anilines is 2. The van der Waals surface area contributed by atoms with E-state index in [1.54, 1.807) is 0 Å². The maximum absolute atomic E-state index is 10.6. The molecule has 2 rings (SSSR count). The normalized spacial score (nSPS) is 10.4. The SMILES string of the molecule is NC(=O)CCNc1nc2ccccc2nc1N. The average Bonchev–Trinajstić information content (AvgIpc) is 2.29. The molecule has 17 heavy (non-hydrogen) atoms. The molecule has 1 aromatic heterocycles. The van der Waals surface area contributed by atoms with E-state index in [2.05, 4.69) is 15.3 Å². The zero-order valence-corrected chi connectivity index (χ0v) is 9.18. The van der Waals surface area contributed by atoms with Gasteiger partial charge in [0.2, 0.25) is 5.91 Å². The molecular weight excluding hydrogens is 218 g/mol. The third-order valence-electron chi connectivity index (χ3n) is 2.26. The largest absolute Gasteiger partial charge is 0.381 e. The van der Waals surface area contributed by atoms with Crippen molar-refractivity contribution < 1.29 is 4.79 Å². The fourth-order valence-corrected chi connectivity index (χ4v) is 1.45. The summed E-state index contributed by atoms with van der Waals surface area (Å²) < 4.78 is 0. The number of aromatic nitrogens is 2. The molecule has 6 nitrogen and oxygen atoms in total. The molecule has 0 fully saturated rings. The molecule has 5 N–H and O–H groups in total. The van der Waals surface area contributed by atoms with Gasteiger partial charge in [0.05, 0.1) is 11.0 Å². The van der Waals surface area contributed by atoms with E-state index in [1.807, 2.05) is 24.3 Å². The highest BCUT2D eigenvalue weighted by Crippen LogP contribution is 2.17. The first-order chi connectivity index (χ1) is 8.16. The van der Waals surface area contributed by atoms with Gasteiger partial charge in [-0.25, -0.2) is 9.97 Å². The quantitative estimate of drug-likeness (QED) is 0.710. The van der Waals surface area contributed by atoms with Gasteiger partial charge in [-0.15, -0.1) is 0 Å². The molecule has 88 valence electrons. The van der Waals surface area contributed by atoms with Gasteiger partial charge in [-0.1, -0.05) is 12.1 Å².